The number of pyridine rings is 2. The molecule has 4 fully saturated rings. The Balaban J connectivity index is 0.000000184. The number of aliphatic carboxylic acids is 1. The molecule has 30 heteroatoms. The molecule has 4 atom stereocenters. The standard InChI is InChI=1S/C34H34FN9O2S.C28H26FN9S.C10H17NO5.2CH4/c1-3-27-31(41(2)34-40-30(28(17-36)47-34)21-4-8-25(35)9-5-21)44-20-23(7-11-29(44)39-27)24-18-37-33(38-19-24)43-14-12-42(13-15-43)32(46)22-6-10-26(45)16-22;1-3-22-26(36(2)28-35-25(23(14-30)39-28)18-4-7-21(29)8-5-18)38-17-19(6-9-24(38)34-22)20-15-32-27(33-16-20)37-12-10-31-11-13-37;1-10(2,3)16-9(15)11-5-6(12)4-7(11)8(13)14;;/h4-5,7-9,11,18-20,22,26,45H,3,6,10,12-16H2,1-2H3;4-9,15-17,31H,3,10-13H2,1-2H3;6-7,12H,4-5H2,1-3H3,(H,13,14);2*1H4/t22-,26+;;6-,7?;;/m0.0../s1. The summed E-state index contributed by atoms with van der Waals surface area (Å²) < 4.78 is 36.2. The number of carbonyl (C=O) groups excluding carboxylic acids is 2. The van der Waals surface area contributed by atoms with Crippen molar-refractivity contribution >= 4 is 85.7 Å². The van der Waals surface area contributed by atoms with E-state index in [2.05, 4.69) is 54.1 Å². The van der Waals surface area contributed by atoms with Crippen molar-refractivity contribution in [3.05, 3.63) is 143 Å². The Morgan fingerprint density at radius 1 is 0.615 bits per heavy atom. The molecular weight excluding hydrogens is 1370 g/mol. The van der Waals surface area contributed by atoms with Crippen LogP contribution in [0, 0.1) is 40.2 Å². The van der Waals surface area contributed by atoms with E-state index in [-0.39, 0.29) is 57.4 Å². The highest BCUT2D eigenvalue weighted by molar-refractivity contribution is 7.17. The number of aromatic nitrogens is 10. The van der Waals surface area contributed by atoms with E-state index in [1.165, 1.54) is 46.9 Å². The van der Waals surface area contributed by atoms with E-state index in [4.69, 9.17) is 29.8 Å². The van der Waals surface area contributed by atoms with Gasteiger partial charge < -0.3 is 49.9 Å². The SMILES string of the molecule is C.C.CC(C)(C)OC(=O)N1C[C@@H](O)CC1C(=O)O.CCc1nc2ccc(-c3cnc(N4CCN(C(=O)[C@H]5CC[C@@H](O)C5)CC4)nc3)cn2c1N(C)c1nc(-c2ccc(F)cc2)c(C#N)s1.CCc1nc2ccc(-c3cnc(N4CCNCC4)nc3)cn2c1N(C)c1nc(-c2ccc(F)cc2)c(C#N)s1. The lowest BCUT2D eigenvalue weighted by Crippen LogP contribution is -2.50. The molecular formula is C74H85F2N19O7S2. The maximum absolute atomic E-state index is 13.6. The first kappa shape index (κ1) is 76.0. The fourth-order valence-electron chi connectivity index (χ4n) is 12.8. The van der Waals surface area contributed by atoms with E-state index in [1.54, 1.807) is 45.0 Å². The van der Waals surface area contributed by atoms with Gasteiger partial charge in [-0.25, -0.2) is 58.2 Å². The first-order valence-corrected chi connectivity index (χ1v) is 35.3. The monoisotopic (exact) mass is 1450 g/mol. The molecule has 14 rings (SSSR count). The molecule has 544 valence electrons. The van der Waals surface area contributed by atoms with Gasteiger partial charge in [-0.05, 0) is 126 Å². The summed E-state index contributed by atoms with van der Waals surface area (Å²) >= 11 is 2.58. The molecule has 0 spiro atoms. The zero-order valence-electron chi connectivity index (χ0n) is 57.4. The van der Waals surface area contributed by atoms with Crippen LogP contribution < -0.4 is 24.9 Å². The van der Waals surface area contributed by atoms with Crippen molar-refractivity contribution in [1.82, 2.24) is 63.8 Å². The van der Waals surface area contributed by atoms with Gasteiger partial charge in [-0.3, -0.25) is 18.5 Å². The van der Waals surface area contributed by atoms with E-state index >= 15 is 0 Å². The van der Waals surface area contributed by atoms with E-state index in [9.17, 15) is 43.9 Å². The quantitative estimate of drug-likeness (QED) is 0.0786. The Hall–Kier alpha value is -10.6. The number of nitrogens with zero attached hydrogens (tertiary/aromatic N) is 18. The minimum atomic E-state index is -1.12. The number of thiazole rings is 2. The predicted molar refractivity (Wildman–Crippen MR) is 397 cm³/mol. The van der Waals surface area contributed by atoms with Crippen molar-refractivity contribution < 1.29 is 43.2 Å². The van der Waals surface area contributed by atoms with Gasteiger partial charge in [0.2, 0.25) is 17.8 Å². The molecule has 2 aromatic carbocycles. The van der Waals surface area contributed by atoms with Gasteiger partial charge in [-0.15, -0.1) is 0 Å². The number of hydrogen-bond donors (Lipinski definition) is 4. The number of imidazole rings is 2. The van der Waals surface area contributed by atoms with E-state index < -0.39 is 29.8 Å². The van der Waals surface area contributed by atoms with Crippen molar-refractivity contribution in [3.63, 3.8) is 0 Å². The molecule has 2 amide bonds. The maximum atomic E-state index is 13.6. The molecule has 0 radical (unpaired) electrons. The van der Waals surface area contributed by atoms with Crippen molar-refractivity contribution in [2.45, 2.75) is 112 Å². The number of β-amino-alcohol motifs (C(OH)–C–C–N with tert-alkyl or cyclic N) is 1. The van der Waals surface area contributed by atoms with Gasteiger partial charge in [-0.1, -0.05) is 51.4 Å². The number of nitrogens with one attached hydrogen (secondary N) is 1. The molecule has 1 saturated carbocycles. The van der Waals surface area contributed by atoms with Crippen LogP contribution in [0.1, 0.15) is 96.3 Å². The summed E-state index contributed by atoms with van der Waals surface area (Å²) in [6.45, 7) is 15.4. The summed E-state index contributed by atoms with van der Waals surface area (Å²) in [6, 6.07) is 23.5. The third kappa shape index (κ3) is 16.7. The van der Waals surface area contributed by atoms with Crippen molar-refractivity contribution in [2.24, 2.45) is 5.92 Å². The lowest BCUT2D eigenvalue weighted by Gasteiger charge is -2.36. The van der Waals surface area contributed by atoms with Crippen molar-refractivity contribution in [3.8, 4) is 56.9 Å². The molecule has 11 heterocycles. The van der Waals surface area contributed by atoms with E-state index in [0.717, 1.165) is 106 Å². The number of aliphatic hydroxyl groups excluding tert-OH is 2. The number of carboxylic acids is 1. The number of likely N-dealkylation sites (tertiary alicyclic amines) is 1. The molecule has 8 aromatic heterocycles. The number of carbonyl (C=O) groups is 3. The summed E-state index contributed by atoms with van der Waals surface area (Å²) in [5, 5.41) is 52.3. The van der Waals surface area contributed by atoms with Crippen LogP contribution in [0.15, 0.2) is 110 Å². The molecule has 4 aliphatic rings. The molecule has 104 heavy (non-hydrogen) atoms. The highest BCUT2D eigenvalue weighted by atomic mass is 32.1. The Kier molecular flexibility index (Phi) is 24.0. The zero-order chi connectivity index (χ0) is 72.1. The summed E-state index contributed by atoms with van der Waals surface area (Å²) in [7, 11) is 3.83. The van der Waals surface area contributed by atoms with Crippen LogP contribution in [-0.4, -0.2) is 189 Å². The normalized spacial score (nSPS) is 17.2. The zero-order valence-corrected chi connectivity index (χ0v) is 59.0. The van der Waals surface area contributed by atoms with Gasteiger partial charge in [0.15, 0.2) is 10.3 Å². The first-order chi connectivity index (χ1) is 49.1. The lowest BCUT2D eigenvalue weighted by molar-refractivity contribution is -0.142. The Morgan fingerprint density at radius 3 is 1.46 bits per heavy atom. The summed E-state index contributed by atoms with van der Waals surface area (Å²) in [5.74, 6) is 1.37. The number of halogens is 2. The van der Waals surface area contributed by atoms with Gasteiger partial charge >= 0.3 is 12.1 Å². The van der Waals surface area contributed by atoms with Crippen LogP contribution in [0.3, 0.4) is 0 Å². The van der Waals surface area contributed by atoms with Crippen LogP contribution in [0.5, 0.6) is 0 Å². The maximum Gasteiger partial charge on any atom is 0.411 e. The Morgan fingerprint density at radius 2 is 1.06 bits per heavy atom. The topological polar surface area (TPSA) is 312 Å². The molecule has 10 aromatic rings. The molecule has 26 nitrogen and oxygen atoms in total. The first-order valence-electron chi connectivity index (χ1n) is 33.6. The second kappa shape index (κ2) is 32.8. The largest absolute Gasteiger partial charge is 0.480 e. The van der Waals surface area contributed by atoms with E-state index in [1.807, 2.05) is 106 Å². The van der Waals surface area contributed by atoms with Crippen LogP contribution in [0.25, 0.3) is 56.1 Å². The highest BCUT2D eigenvalue weighted by Crippen LogP contribution is 2.40. The number of nitriles is 2. The number of ether oxygens (including phenoxy) is 1. The number of piperazine rings is 2. The fraction of sp³-hybridized carbons (Fsp3) is 0.392. The second-order valence-corrected chi connectivity index (χ2v) is 28.1. The molecule has 3 saturated heterocycles. The molecule has 4 N–H and O–H groups in total. The summed E-state index contributed by atoms with van der Waals surface area (Å²) in [6.07, 6.45) is 13.1. The number of carboxylic acid groups (broad SMARTS) is 1. The number of hydrogen-bond acceptors (Lipinski definition) is 23. The minimum absolute atomic E-state index is 0. The molecule has 3 aliphatic heterocycles. The number of rotatable bonds is 14. The Bertz CT molecular complexity index is 4750. The third-order valence-corrected chi connectivity index (χ3v) is 20.1. The number of amides is 2. The average Bonchev–Trinajstić information content (AvgIpc) is 1.61. The smallest absolute Gasteiger partial charge is 0.411 e. The van der Waals surface area contributed by atoms with Crippen LogP contribution >= 0.6 is 22.7 Å². The predicted octanol–water partition coefficient (Wildman–Crippen LogP) is 11.4. The highest BCUT2D eigenvalue weighted by Gasteiger charge is 2.41. The number of benzene rings is 2. The van der Waals surface area contributed by atoms with Gasteiger partial charge in [-0.2, -0.15) is 10.5 Å². The molecule has 1 aliphatic carbocycles. The van der Waals surface area contributed by atoms with Crippen molar-refractivity contribution in [2.75, 3.05) is 92.6 Å². The van der Waals surface area contributed by atoms with Crippen molar-refractivity contribution in [1.29, 1.82) is 10.5 Å². The number of fused-ring (bicyclic) bond motifs is 2. The third-order valence-electron chi connectivity index (χ3n) is 18.0. The second-order valence-electron chi connectivity index (χ2n) is 26.1. The average molecular weight is 1450 g/mol. The molecule has 0 bridgehead atoms. The van der Waals surface area contributed by atoms with E-state index in [0.29, 0.717) is 93.9 Å². The van der Waals surface area contributed by atoms with Crippen LogP contribution in [-0.2, 0) is 27.2 Å². The summed E-state index contributed by atoms with van der Waals surface area (Å²) in [5.41, 5.74) is 8.80. The fourth-order valence-corrected chi connectivity index (χ4v) is 14.5. The van der Waals surface area contributed by atoms with Gasteiger partial charge in [0.05, 0.1) is 30.1 Å². The van der Waals surface area contributed by atoms with Gasteiger partial charge in [0, 0.05) is 149 Å². The molecule has 1 unspecified atom stereocenters. The van der Waals surface area contributed by atoms with Crippen LogP contribution in [0.4, 0.5) is 47.4 Å². The number of aryl methyl sites for hydroxylation is 2. The van der Waals surface area contributed by atoms with Crippen LogP contribution in [0.2, 0.25) is 0 Å². The number of aliphatic hydroxyl groups is 2. The number of anilines is 6. The minimum Gasteiger partial charge on any atom is -0.480 e. The summed E-state index contributed by atoms with van der Waals surface area (Å²) in [4.78, 5) is 85.4. The Labute approximate surface area is 610 Å². The lowest BCUT2D eigenvalue weighted by atomic mass is 10.1. The van der Waals surface area contributed by atoms with Gasteiger partial charge in [0.1, 0.15) is 79.5 Å². The van der Waals surface area contributed by atoms with Gasteiger partial charge in [0.25, 0.3) is 0 Å².